The molecular weight excluding hydrogens is 148 g/mol. The van der Waals surface area contributed by atoms with E-state index in [0.29, 0.717) is 0 Å². The van der Waals surface area contributed by atoms with E-state index in [2.05, 4.69) is 11.1 Å². The zero-order valence-electron chi connectivity index (χ0n) is 7.24. The van der Waals surface area contributed by atoms with Crippen LogP contribution in [0.5, 0.6) is 0 Å². The lowest BCUT2D eigenvalue weighted by Gasteiger charge is -2.24. The Morgan fingerprint density at radius 1 is 1.08 bits per heavy atom. The lowest BCUT2D eigenvalue weighted by molar-refractivity contribution is 0.309. The van der Waals surface area contributed by atoms with Gasteiger partial charge < -0.3 is 4.90 Å². The molecule has 12 heavy (non-hydrogen) atoms. The third kappa shape index (κ3) is 3.25. The number of likely N-dealkylation sites (tertiary alicyclic amines) is 1. The van der Waals surface area contributed by atoms with Crippen LogP contribution >= 0.6 is 0 Å². The maximum Gasteiger partial charge on any atom is 0.0912 e. The Balaban J connectivity index is 2.25. The Labute approximate surface area is 73.8 Å². The summed E-state index contributed by atoms with van der Waals surface area (Å²) in [5, 5.41) is 8.22. The van der Waals surface area contributed by atoms with Crippen LogP contribution in [0.3, 0.4) is 0 Å². The van der Waals surface area contributed by atoms with Crippen molar-refractivity contribution in [2.75, 3.05) is 13.1 Å². The van der Waals surface area contributed by atoms with Crippen molar-refractivity contribution >= 4 is 0 Å². The summed E-state index contributed by atoms with van der Waals surface area (Å²) >= 11 is 0. The first-order valence-corrected chi connectivity index (χ1v) is 4.40. The highest BCUT2D eigenvalue weighted by Crippen LogP contribution is 2.08. The summed E-state index contributed by atoms with van der Waals surface area (Å²) in [4.78, 5) is 2.30. The molecule has 1 aliphatic rings. The van der Waals surface area contributed by atoms with Crippen LogP contribution in [0.2, 0.25) is 0 Å². The number of nitriles is 1. The first-order chi connectivity index (χ1) is 5.93. The van der Waals surface area contributed by atoms with Gasteiger partial charge in [0.25, 0.3) is 0 Å². The summed E-state index contributed by atoms with van der Waals surface area (Å²) in [5.41, 5.74) is 0. The first kappa shape index (κ1) is 8.86. The van der Waals surface area contributed by atoms with Crippen molar-refractivity contribution in [3.05, 3.63) is 24.4 Å². The maximum atomic E-state index is 8.22. The fraction of sp³-hybridized carbons (Fsp3) is 0.500. The van der Waals surface area contributed by atoms with Gasteiger partial charge in [-0.3, -0.25) is 0 Å². The van der Waals surface area contributed by atoms with Gasteiger partial charge in [0.2, 0.25) is 0 Å². The van der Waals surface area contributed by atoms with Crippen molar-refractivity contribution in [3.8, 4) is 6.07 Å². The molecule has 2 heteroatoms. The van der Waals surface area contributed by atoms with E-state index in [0.717, 1.165) is 13.1 Å². The molecule has 0 aliphatic carbocycles. The third-order valence-corrected chi connectivity index (χ3v) is 1.97. The molecule has 0 N–H and O–H groups in total. The lowest BCUT2D eigenvalue weighted by atomic mass is 10.1. The Morgan fingerprint density at radius 3 is 2.50 bits per heavy atom. The summed E-state index contributed by atoms with van der Waals surface area (Å²) in [5.74, 6) is 0. The van der Waals surface area contributed by atoms with Crippen molar-refractivity contribution in [2.24, 2.45) is 0 Å². The molecule has 0 aromatic rings. The molecule has 0 saturated carbocycles. The molecule has 0 aromatic carbocycles. The lowest BCUT2D eigenvalue weighted by Crippen LogP contribution is -2.23. The smallest absolute Gasteiger partial charge is 0.0912 e. The van der Waals surface area contributed by atoms with Gasteiger partial charge in [0.15, 0.2) is 0 Å². The molecule has 0 radical (unpaired) electrons. The largest absolute Gasteiger partial charge is 0.377 e. The number of hydrogen-bond acceptors (Lipinski definition) is 2. The van der Waals surface area contributed by atoms with Crippen molar-refractivity contribution in [1.29, 1.82) is 5.26 Å². The zero-order valence-corrected chi connectivity index (χ0v) is 7.24. The highest BCUT2D eigenvalue weighted by molar-refractivity contribution is 5.11. The van der Waals surface area contributed by atoms with Crippen LogP contribution in [-0.2, 0) is 0 Å². The average molecular weight is 162 g/mol. The van der Waals surface area contributed by atoms with Crippen LogP contribution in [0.15, 0.2) is 24.4 Å². The van der Waals surface area contributed by atoms with E-state index in [9.17, 15) is 0 Å². The van der Waals surface area contributed by atoms with Gasteiger partial charge in [-0.2, -0.15) is 5.26 Å². The van der Waals surface area contributed by atoms with E-state index in [4.69, 9.17) is 5.26 Å². The Bertz CT molecular complexity index is 204. The Morgan fingerprint density at radius 2 is 1.83 bits per heavy atom. The van der Waals surface area contributed by atoms with Crippen molar-refractivity contribution < 1.29 is 0 Å². The van der Waals surface area contributed by atoms with Gasteiger partial charge >= 0.3 is 0 Å². The minimum atomic E-state index is 1.16. The molecular formula is C10H14N2. The topological polar surface area (TPSA) is 27.0 Å². The van der Waals surface area contributed by atoms with E-state index in [1.807, 2.05) is 12.1 Å². The number of hydrogen-bond donors (Lipinski definition) is 0. The number of allylic oxidation sites excluding steroid dienone is 3. The van der Waals surface area contributed by atoms with Gasteiger partial charge in [0, 0.05) is 19.2 Å². The monoisotopic (exact) mass is 162 g/mol. The second kappa shape index (κ2) is 5.42. The van der Waals surface area contributed by atoms with Crippen molar-refractivity contribution in [3.63, 3.8) is 0 Å². The quantitative estimate of drug-likeness (QED) is 0.459. The summed E-state index contributed by atoms with van der Waals surface area (Å²) in [6.45, 7) is 2.33. The van der Waals surface area contributed by atoms with Gasteiger partial charge in [-0.15, -0.1) is 0 Å². The van der Waals surface area contributed by atoms with E-state index in [-0.39, 0.29) is 0 Å². The molecule has 0 unspecified atom stereocenters. The molecule has 0 atom stereocenters. The molecule has 1 heterocycles. The fourth-order valence-electron chi connectivity index (χ4n) is 1.34. The van der Waals surface area contributed by atoms with Crippen LogP contribution in [-0.4, -0.2) is 18.0 Å². The van der Waals surface area contributed by atoms with Crippen LogP contribution in [0.4, 0.5) is 0 Å². The van der Waals surface area contributed by atoms with Crippen LogP contribution in [0.25, 0.3) is 0 Å². The SMILES string of the molecule is N#C/C=C/C=C/N1CCCCC1. The van der Waals surface area contributed by atoms with Gasteiger partial charge in [-0.1, -0.05) is 6.08 Å². The van der Waals surface area contributed by atoms with Gasteiger partial charge in [-0.25, -0.2) is 0 Å². The van der Waals surface area contributed by atoms with Gasteiger partial charge in [-0.05, 0) is 31.5 Å². The van der Waals surface area contributed by atoms with Crippen molar-refractivity contribution in [1.82, 2.24) is 4.90 Å². The van der Waals surface area contributed by atoms with Gasteiger partial charge in [0.05, 0.1) is 6.07 Å². The molecule has 0 bridgehead atoms. The standard InChI is InChI=1S/C10H14N2/c11-7-3-1-4-8-12-9-5-2-6-10-12/h1,3-4,8H,2,5-6,9-10H2/b3-1+,8-4+. The van der Waals surface area contributed by atoms with Gasteiger partial charge in [0.1, 0.15) is 0 Å². The summed E-state index contributed by atoms with van der Waals surface area (Å²) in [6.07, 6.45) is 11.2. The van der Waals surface area contributed by atoms with Crippen LogP contribution in [0, 0.1) is 11.3 Å². The summed E-state index contributed by atoms with van der Waals surface area (Å²) in [7, 11) is 0. The van der Waals surface area contributed by atoms with E-state index in [1.165, 1.54) is 25.3 Å². The Kier molecular flexibility index (Phi) is 4.01. The van der Waals surface area contributed by atoms with Crippen LogP contribution < -0.4 is 0 Å². The van der Waals surface area contributed by atoms with Crippen molar-refractivity contribution in [2.45, 2.75) is 19.3 Å². The highest BCUT2D eigenvalue weighted by atomic mass is 15.1. The molecule has 1 saturated heterocycles. The molecule has 1 aliphatic heterocycles. The molecule has 0 amide bonds. The molecule has 64 valence electrons. The fourth-order valence-corrected chi connectivity index (χ4v) is 1.34. The predicted octanol–water partition coefficient (Wildman–Crippen LogP) is 2.07. The second-order valence-corrected chi connectivity index (χ2v) is 2.93. The summed E-state index contributed by atoms with van der Waals surface area (Å²) < 4.78 is 0. The van der Waals surface area contributed by atoms with E-state index in [1.54, 1.807) is 6.08 Å². The maximum absolute atomic E-state index is 8.22. The molecule has 1 fully saturated rings. The second-order valence-electron chi connectivity index (χ2n) is 2.93. The number of piperidine rings is 1. The molecule has 0 aromatic heterocycles. The minimum absolute atomic E-state index is 1.16. The zero-order chi connectivity index (χ0) is 8.65. The first-order valence-electron chi connectivity index (χ1n) is 4.40. The van der Waals surface area contributed by atoms with E-state index < -0.39 is 0 Å². The number of rotatable bonds is 2. The average Bonchev–Trinajstić information content (AvgIpc) is 2.14. The highest BCUT2D eigenvalue weighted by Gasteiger charge is 2.03. The van der Waals surface area contributed by atoms with E-state index >= 15 is 0 Å². The summed E-state index contributed by atoms with van der Waals surface area (Å²) in [6, 6.07) is 1.96. The normalized spacial score (nSPS) is 18.8. The third-order valence-electron chi connectivity index (χ3n) is 1.97. The number of nitrogens with zero attached hydrogens (tertiary/aromatic N) is 2. The Hall–Kier alpha value is -1.23. The van der Waals surface area contributed by atoms with Crippen LogP contribution in [0.1, 0.15) is 19.3 Å². The molecule has 2 nitrogen and oxygen atoms in total. The molecule has 0 spiro atoms. The minimum Gasteiger partial charge on any atom is -0.377 e. The molecule has 1 rings (SSSR count). The predicted molar refractivity (Wildman–Crippen MR) is 49.3 cm³/mol.